The summed E-state index contributed by atoms with van der Waals surface area (Å²) >= 11 is 0. The number of carbonyl (C=O) groups excluding carboxylic acids is 1. The smallest absolute Gasteiger partial charge is 0.222 e. The van der Waals surface area contributed by atoms with Crippen LogP contribution in [0.3, 0.4) is 0 Å². The normalized spacial score (nSPS) is 22.8. The van der Waals surface area contributed by atoms with Gasteiger partial charge in [-0.25, -0.2) is 9.97 Å². The maximum absolute atomic E-state index is 11.5. The molecule has 1 amide bonds. The van der Waals surface area contributed by atoms with E-state index in [0.29, 0.717) is 5.92 Å². The molecular weight excluding hydrogens is 240 g/mol. The van der Waals surface area contributed by atoms with Gasteiger partial charge in [-0.05, 0) is 44.6 Å². The molecule has 1 heterocycles. The predicted molar refractivity (Wildman–Crippen MR) is 74.8 cm³/mol. The Balaban J connectivity index is 1.75. The lowest BCUT2D eigenvalue weighted by atomic mass is 9.81. The lowest BCUT2D eigenvalue weighted by molar-refractivity contribution is -0.125. The summed E-state index contributed by atoms with van der Waals surface area (Å²) in [7, 11) is 1.72. The number of hydrogen-bond donors (Lipinski definition) is 2. The van der Waals surface area contributed by atoms with Gasteiger partial charge >= 0.3 is 0 Å². The van der Waals surface area contributed by atoms with Crippen molar-refractivity contribution in [2.45, 2.75) is 32.6 Å². The Morgan fingerprint density at radius 2 is 2.11 bits per heavy atom. The first-order valence-electron chi connectivity index (χ1n) is 6.94. The van der Waals surface area contributed by atoms with Crippen LogP contribution in [-0.2, 0) is 4.79 Å². The van der Waals surface area contributed by atoms with E-state index in [4.69, 9.17) is 0 Å². The molecule has 5 nitrogen and oxygen atoms in total. The number of nitrogens with one attached hydrogen (secondary N) is 2. The second kappa shape index (κ2) is 6.50. The summed E-state index contributed by atoms with van der Waals surface area (Å²) in [4.78, 5) is 20.0. The van der Waals surface area contributed by atoms with E-state index in [2.05, 4.69) is 20.6 Å². The Bertz CT molecular complexity index is 427. The number of anilines is 1. The van der Waals surface area contributed by atoms with Crippen LogP contribution in [0.2, 0.25) is 0 Å². The molecule has 0 aliphatic heterocycles. The Morgan fingerprint density at radius 3 is 2.74 bits per heavy atom. The number of aromatic nitrogens is 2. The standard InChI is InChI=1S/C14H22N4O/c1-10-16-8-7-13(18-10)17-9-11-3-5-12(6-4-11)14(19)15-2/h7-8,11-12H,3-6,9H2,1-2H3,(H,15,19)(H,16,17,18). The number of rotatable bonds is 4. The highest BCUT2D eigenvalue weighted by Crippen LogP contribution is 2.28. The van der Waals surface area contributed by atoms with E-state index in [1.54, 1.807) is 13.2 Å². The molecule has 0 radical (unpaired) electrons. The van der Waals surface area contributed by atoms with Gasteiger partial charge in [0.2, 0.25) is 5.91 Å². The van der Waals surface area contributed by atoms with Gasteiger partial charge in [0.1, 0.15) is 11.6 Å². The Labute approximate surface area is 114 Å². The average Bonchev–Trinajstić information content (AvgIpc) is 2.45. The van der Waals surface area contributed by atoms with Gasteiger partial charge in [-0.1, -0.05) is 0 Å². The second-order valence-electron chi connectivity index (χ2n) is 5.20. The van der Waals surface area contributed by atoms with Gasteiger partial charge < -0.3 is 10.6 Å². The lowest BCUT2D eigenvalue weighted by Gasteiger charge is -2.27. The highest BCUT2D eigenvalue weighted by atomic mass is 16.1. The zero-order chi connectivity index (χ0) is 13.7. The van der Waals surface area contributed by atoms with Crippen LogP contribution in [-0.4, -0.2) is 29.5 Å². The summed E-state index contributed by atoms with van der Waals surface area (Å²) in [6, 6.07) is 1.89. The van der Waals surface area contributed by atoms with E-state index in [9.17, 15) is 4.79 Å². The van der Waals surface area contributed by atoms with E-state index in [-0.39, 0.29) is 11.8 Å². The molecule has 1 aliphatic carbocycles. The van der Waals surface area contributed by atoms with Crippen molar-refractivity contribution >= 4 is 11.7 Å². The van der Waals surface area contributed by atoms with E-state index in [0.717, 1.165) is 43.9 Å². The lowest BCUT2D eigenvalue weighted by Crippen LogP contribution is -2.32. The molecule has 0 atom stereocenters. The van der Waals surface area contributed by atoms with Crippen LogP contribution in [0.25, 0.3) is 0 Å². The maximum Gasteiger partial charge on any atom is 0.222 e. The van der Waals surface area contributed by atoms with Gasteiger partial charge in [-0.2, -0.15) is 0 Å². The second-order valence-corrected chi connectivity index (χ2v) is 5.20. The number of nitrogens with zero attached hydrogens (tertiary/aromatic N) is 2. The predicted octanol–water partition coefficient (Wildman–Crippen LogP) is 1.75. The average molecular weight is 262 g/mol. The molecule has 19 heavy (non-hydrogen) atoms. The fraction of sp³-hybridized carbons (Fsp3) is 0.643. The zero-order valence-corrected chi connectivity index (χ0v) is 11.6. The fourth-order valence-electron chi connectivity index (χ4n) is 2.64. The van der Waals surface area contributed by atoms with Crippen molar-refractivity contribution < 1.29 is 4.79 Å². The van der Waals surface area contributed by atoms with Crippen molar-refractivity contribution in [1.82, 2.24) is 15.3 Å². The molecule has 1 aliphatic rings. The maximum atomic E-state index is 11.5. The number of amides is 1. The molecule has 1 aromatic rings. The zero-order valence-electron chi connectivity index (χ0n) is 11.6. The van der Waals surface area contributed by atoms with Crippen LogP contribution in [0.5, 0.6) is 0 Å². The van der Waals surface area contributed by atoms with Crippen molar-refractivity contribution in [2.24, 2.45) is 11.8 Å². The highest BCUT2D eigenvalue weighted by Gasteiger charge is 2.25. The van der Waals surface area contributed by atoms with Crippen molar-refractivity contribution in [2.75, 3.05) is 18.9 Å². The van der Waals surface area contributed by atoms with Crippen LogP contribution < -0.4 is 10.6 Å². The molecule has 5 heteroatoms. The van der Waals surface area contributed by atoms with Crippen LogP contribution in [0.4, 0.5) is 5.82 Å². The van der Waals surface area contributed by atoms with Gasteiger partial charge in [-0.15, -0.1) is 0 Å². The van der Waals surface area contributed by atoms with Crippen LogP contribution in [0.1, 0.15) is 31.5 Å². The molecule has 1 fully saturated rings. The summed E-state index contributed by atoms with van der Waals surface area (Å²) in [6.07, 6.45) is 5.97. The van der Waals surface area contributed by atoms with Crippen molar-refractivity contribution in [3.63, 3.8) is 0 Å². The number of carbonyl (C=O) groups is 1. The SMILES string of the molecule is CNC(=O)C1CCC(CNc2ccnc(C)n2)CC1. The summed E-state index contributed by atoms with van der Waals surface area (Å²) in [6.45, 7) is 2.82. The van der Waals surface area contributed by atoms with Gasteiger partial charge in [0.15, 0.2) is 0 Å². The Kier molecular flexibility index (Phi) is 4.71. The molecule has 2 N–H and O–H groups in total. The number of hydrogen-bond acceptors (Lipinski definition) is 4. The summed E-state index contributed by atoms with van der Waals surface area (Å²) in [5.41, 5.74) is 0. The molecule has 2 rings (SSSR count). The van der Waals surface area contributed by atoms with E-state index < -0.39 is 0 Å². The third kappa shape index (κ3) is 3.91. The highest BCUT2D eigenvalue weighted by molar-refractivity contribution is 5.78. The van der Waals surface area contributed by atoms with Crippen molar-refractivity contribution in [3.8, 4) is 0 Å². The minimum absolute atomic E-state index is 0.192. The van der Waals surface area contributed by atoms with E-state index >= 15 is 0 Å². The molecular formula is C14H22N4O. The van der Waals surface area contributed by atoms with Crippen molar-refractivity contribution in [3.05, 3.63) is 18.1 Å². The van der Waals surface area contributed by atoms with E-state index in [1.165, 1.54) is 0 Å². The van der Waals surface area contributed by atoms with Crippen LogP contribution in [0, 0.1) is 18.8 Å². The molecule has 0 aromatic carbocycles. The quantitative estimate of drug-likeness (QED) is 0.867. The monoisotopic (exact) mass is 262 g/mol. The first kappa shape index (κ1) is 13.8. The summed E-state index contributed by atoms with van der Waals surface area (Å²) in [5.74, 6) is 2.71. The molecule has 1 saturated carbocycles. The molecule has 0 spiro atoms. The van der Waals surface area contributed by atoms with Gasteiger partial charge in [-0.3, -0.25) is 4.79 Å². The fourth-order valence-corrected chi connectivity index (χ4v) is 2.64. The molecule has 0 saturated heterocycles. The van der Waals surface area contributed by atoms with Crippen LogP contribution in [0.15, 0.2) is 12.3 Å². The third-order valence-corrected chi connectivity index (χ3v) is 3.81. The van der Waals surface area contributed by atoms with Gasteiger partial charge in [0.05, 0.1) is 0 Å². The minimum atomic E-state index is 0.192. The van der Waals surface area contributed by atoms with Crippen molar-refractivity contribution in [1.29, 1.82) is 0 Å². The Hall–Kier alpha value is -1.65. The summed E-state index contributed by atoms with van der Waals surface area (Å²) < 4.78 is 0. The number of aryl methyl sites for hydroxylation is 1. The van der Waals surface area contributed by atoms with Gasteiger partial charge in [0, 0.05) is 25.7 Å². The van der Waals surface area contributed by atoms with E-state index in [1.807, 2.05) is 13.0 Å². The largest absolute Gasteiger partial charge is 0.370 e. The molecule has 104 valence electrons. The minimum Gasteiger partial charge on any atom is -0.370 e. The third-order valence-electron chi connectivity index (χ3n) is 3.81. The molecule has 0 bridgehead atoms. The topological polar surface area (TPSA) is 66.9 Å². The first-order valence-corrected chi connectivity index (χ1v) is 6.94. The first-order chi connectivity index (χ1) is 9.19. The Morgan fingerprint density at radius 1 is 1.37 bits per heavy atom. The molecule has 1 aromatic heterocycles. The van der Waals surface area contributed by atoms with Crippen LogP contribution >= 0.6 is 0 Å². The molecule has 0 unspecified atom stereocenters. The van der Waals surface area contributed by atoms with Gasteiger partial charge in [0.25, 0.3) is 0 Å². The summed E-state index contributed by atoms with van der Waals surface area (Å²) in [5, 5.41) is 6.10.